The molecule has 0 spiro atoms. The van der Waals surface area contributed by atoms with Crippen molar-refractivity contribution in [2.75, 3.05) is 37.8 Å². The SMILES string of the molecule is CCCN(CCC)P(OCCSC(=O)C(C)(C)C)OCCSC(=O)C(C)(C)C. The van der Waals surface area contributed by atoms with Crippen LogP contribution in [0.3, 0.4) is 0 Å². The van der Waals surface area contributed by atoms with Gasteiger partial charge in [-0.05, 0) is 12.8 Å². The molecule has 5 nitrogen and oxygen atoms in total. The Kier molecular flexibility index (Phi) is 14.6. The van der Waals surface area contributed by atoms with Crippen LogP contribution in [0.1, 0.15) is 68.2 Å². The molecule has 0 amide bonds. The highest BCUT2D eigenvalue weighted by atomic mass is 32.2. The van der Waals surface area contributed by atoms with E-state index in [1.165, 1.54) is 23.5 Å². The molecular weight excluding hydrogens is 413 g/mol. The molecule has 0 aromatic rings. The monoisotopic (exact) mass is 453 g/mol. The fourth-order valence-corrected chi connectivity index (χ4v) is 5.36. The highest BCUT2D eigenvalue weighted by Crippen LogP contribution is 2.43. The maximum atomic E-state index is 12.0. The van der Waals surface area contributed by atoms with Crippen molar-refractivity contribution < 1.29 is 18.6 Å². The Labute approximate surface area is 182 Å². The van der Waals surface area contributed by atoms with Crippen molar-refractivity contribution in [2.24, 2.45) is 10.8 Å². The Morgan fingerprint density at radius 1 is 0.786 bits per heavy atom. The number of thioether (sulfide) groups is 2. The predicted molar refractivity (Wildman–Crippen MR) is 125 cm³/mol. The van der Waals surface area contributed by atoms with Gasteiger partial charge in [-0.25, -0.2) is 4.67 Å². The standard InChI is InChI=1S/C20H40NO4PS2/c1-9-11-21(12-10-2)26(24-13-15-27-17(22)19(3,4)5)25-14-16-28-18(23)20(6,7)8/h9-16H2,1-8H3. The summed E-state index contributed by atoms with van der Waals surface area (Å²) in [6.07, 6.45) is 2.06. The summed E-state index contributed by atoms with van der Waals surface area (Å²) >= 11 is 2.64. The normalized spacial score (nSPS) is 12.8. The summed E-state index contributed by atoms with van der Waals surface area (Å²) in [5.74, 6) is 1.25. The molecule has 28 heavy (non-hydrogen) atoms. The Balaban J connectivity index is 4.57. The minimum absolute atomic E-state index is 0.178. The van der Waals surface area contributed by atoms with Crippen LogP contribution in [-0.2, 0) is 18.6 Å². The molecular formula is C20H40NO4PS2. The first-order valence-corrected chi connectivity index (χ1v) is 13.2. The van der Waals surface area contributed by atoms with Crippen molar-refractivity contribution in [1.29, 1.82) is 0 Å². The van der Waals surface area contributed by atoms with Crippen LogP contribution >= 0.6 is 32.0 Å². The minimum Gasteiger partial charge on any atom is -0.321 e. The van der Waals surface area contributed by atoms with E-state index >= 15 is 0 Å². The molecule has 0 atom stereocenters. The summed E-state index contributed by atoms with van der Waals surface area (Å²) in [4.78, 5) is 24.1. The maximum absolute atomic E-state index is 12.0. The average Bonchev–Trinajstić information content (AvgIpc) is 2.58. The zero-order valence-corrected chi connectivity index (χ0v) is 21.5. The van der Waals surface area contributed by atoms with Crippen LogP contribution in [0.15, 0.2) is 0 Å². The van der Waals surface area contributed by atoms with E-state index in [9.17, 15) is 9.59 Å². The zero-order chi connectivity index (χ0) is 21.8. The van der Waals surface area contributed by atoms with Gasteiger partial charge in [-0.3, -0.25) is 9.59 Å². The lowest BCUT2D eigenvalue weighted by Gasteiger charge is -2.29. The van der Waals surface area contributed by atoms with E-state index in [-0.39, 0.29) is 21.1 Å². The first kappa shape index (κ1) is 28.4. The summed E-state index contributed by atoms with van der Waals surface area (Å²) in [6, 6.07) is 0. The van der Waals surface area contributed by atoms with Gasteiger partial charge in [0.2, 0.25) is 0 Å². The number of hydrogen-bond donors (Lipinski definition) is 0. The van der Waals surface area contributed by atoms with E-state index in [0.29, 0.717) is 24.7 Å². The van der Waals surface area contributed by atoms with E-state index in [1.807, 2.05) is 41.5 Å². The third-order valence-electron chi connectivity index (χ3n) is 3.46. The van der Waals surface area contributed by atoms with Gasteiger partial charge in [0.15, 0.2) is 10.2 Å². The molecule has 0 aromatic carbocycles. The minimum atomic E-state index is -1.17. The van der Waals surface area contributed by atoms with Gasteiger partial charge in [0, 0.05) is 35.4 Å². The van der Waals surface area contributed by atoms with Gasteiger partial charge in [0.1, 0.15) is 0 Å². The lowest BCUT2D eigenvalue weighted by atomic mass is 9.99. The van der Waals surface area contributed by atoms with Crippen LogP contribution in [-0.4, -0.2) is 52.7 Å². The molecule has 0 aliphatic heterocycles. The maximum Gasteiger partial charge on any atom is 0.258 e. The fourth-order valence-electron chi connectivity index (χ4n) is 1.92. The quantitative estimate of drug-likeness (QED) is 0.251. The van der Waals surface area contributed by atoms with Crippen molar-refractivity contribution >= 4 is 42.3 Å². The van der Waals surface area contributed by atoms with Gasteiger partial charge < -0.3 is 9.05 Å². The van der Waals surface area contributed by atoms with Crippen LogP contribution in [0.5, 0.6) is 0 Å². The number of carbonyl (C=O) groups is 2. The molecule has 0 radical (unpaired) electrons. The van der Waals surface area contributed by atoms with Crippen LogP contribution in [0.4, 0.5) is 0 Å². The molecule has 0 N–H and O–H groups in total. The molecule has 8 heteroatoms. The molecule has 0 unspecified atom stereocenters. The summed E-state index contributed by atoms with van der Waals surface area (Å²) in [5, 5.41) is 0.356. The summed E-state index contributed by atoms with van der Waals surface area (Å²) in [7, 11) is -1.17. The molecule has 0 aliphatic rings. The van der Waals surface area contributed by atoms with Crippen molar-refractivity contribution in [2.45, 2.75) is 68.2 Å². The van der Waals surface area contributed by atoms with Crippen molar-refractivity contribution in [3.8, 4) is 0 Å². The van der Waals surface area contributed by atoms with E-state index in [0.717, 1.165) is 25.9 Å². The first-order chi connectivity index (χ1) is 12.9. The molecule has 0 heterocycles. The van der Waals surface area contributed by atoms with Gasteiger partial charge in [0.05, 0.1) is 13.2 Å². The van der Waals surface area contributed by atoms with Crippen molar-refractivity contribution in [3.05, 3.63) is 0 Å². The van der Waals surface area contributed by atoms with Gasteiger partial charge in [-0.2, -0.15) is 0 Å². The summed E-state index contributed by atoms with van der Waals surface area (Å²) < 4.78 is 14.3. The highest BCUT2D eigenvalue weighted by molar-refractivity contribution is 8.14. The number of nitrogens with zero attached hydrogens (tertiary/aromatic N) is 1. The summed E-state index contributed by atoms with van der Waals surface area (Å²) in [5.41, 5.74) is -0.668. The third kappa shape index (κ3) is 12.8. The molecule has 166 valence electrons. The lowest BCUT2D eigenvalue weighted by Crippen LogP contribution is -2.23. The third-order valence-corrected chi connectivity index (χ3v) is 7.62. The van der Waals surface area contributed by atoms with Crippen LogP contribution < -0.4 is 0 Å². The van der Waals surface area contributed by atoms with E-state index in [1.54, 1.807) is 0 Å². The number of hydrogen-bond acceptors (Lipinski definition) is 7. The van der Waals surface area contributed by atoms with Gasteiger partial charge in [-0.15, -0.1) is 0 Å². The van der Waals surface area contributed by atoms with E-state index in [2.05, 4.69) is 18.5 Å². The smallest absolute Gasteiger partial charge is 0.258 e. The first-order valence-electron chi connectivity index (χ1n) is 10.1. The van der Waals surface area contributed by atoms with Crippen LogP contribution in [0, 0.1) is 10.8 Å². The Morgan fingerprint density at radius 3 is 1.43 bits per heavy atom. The molecule has 0 fully saturated rings. The lowest BCUT2D eigenvalue weighted by molar-refractivity contribution is -0.118. The fraction of sp³-hybridized carbons (Fsp3) is 0.900. The molecule has 0 saturated heterocycles. The van der Waals surface area contributed by atoms with Crippen LogP contribution in [0.2, 0.25) is 0 Å². The number of carbonyl (C=O) groups excluding carboxylic acids is 2. The Morgan fingerprint density at radius 2 is 1.14 bits per heavy atom. The van der Waals surface area contributed by atoms with Crippen LogP contribution in [0.25, 0.3) is 0 Å². The molecule has 0 saturated carbocycles. The largest absolute Gasteiger partial charge is 0.321 e. The predicted octanol–water partition coefficient (Wildman–Crippen LogP) is 5.98. The second kappa shape index (κ2) is 14.4. The number of rotatable bonds is 13. The Hall–Kier alpha value is 0.350. The second-order valence-corrected chi connectivity index (χ2v) is 12.3. The second-order valence-electron chi connectivity index (χ2n) is 8.63. The Bertz CT molecular complexity index is 424. The molecule has 0 rings (SSSR count). The van der Waals surface area contributed by atoms with Gasteiger partial charge in [0.25, 0.3) is 8.53 Å². The molecule has 0 aromatic heterocycles. The van der Waals surface area contributed by atoms with E-state index in [4.69, 9.17) is 9.05 Å². The zero-order valence-electron chi connectivity index (χ0n) is 19.0. The van der Waals surface area contributed by atoms with Crippen molar-refractivity contribution in [1.82, 2.24) is 4.67 Å². The topological polar surface area (TPSA) is 55.8 Å². The molecule has 0 aliphatic carbocycles. The van der Waals surface area contributed by atoms with Gasteiger partial charge >= 0.3 is 0 Å². The summed E-state index contributed by atoms with van der Waals surface area (Å²) in [6.45, 7) is 18.7. The highest BCUT2D eigenvalue weighted by Gasteiger charge is 2.24. The average molecular weight is 454 g/mol. The van der Waals surface area contributed by atoms with Gasteiger partial charge in [-0.1, -0.05) is 78.9 Å². The van der Waals surface area contributed by atoms with E-state index < -0.39 is 8.53 Å². The van der Waals surface area contributed by atoms with Crippen molar-refractivity contribution in [3.63, 3.8) is 0 Å². The molecule has 0 bridgehead atoms.